The highest BCUT2D eigenvalue weighted by Crippen LogP contribution is 2.44. The highest BCUT2D eigenvalue weighted by atomic mass is 32.2. The average molecular weight is 422 g/mol. The molecular formula is C20H27N3O3S2. The summed E-state index contributed by atoms with van der Waals surface area (Å²) in [5, 5.41) is 4.30. The molecule has 1 aromatic carbocycles. The van der Waals surface area contributed by atoms with Gasteiger partial charge in [-0.15, -0.1) is 0 Å². The number of ketones is 1. The van der Waals surface area contributed by atoms with Crippen LogP contribution in [0.2, 0.25) is 0 Å². The largest absolute Gasteiger partial charge is 0.360 e. The van der Waals surface area contributed by atoms with Gasteiger partial charge in [-0.05, 0) is 62.4 Å². The molecule has 28 heavy (non-hydrogen) atoms. The SMILES string of the molecule is CC(=O)c1ccc(S(=O)(=O)N2CCN(C(=S)N[C@@H]3C[C@H]4CC[C@H]3C4)CC2)cc1. The van der Waals surface area contributed by atoms with E-state index >= 15 is 0 Å². The lowest BCUT2D eigenvalue weighted by atomic mass is 9.95. The van der Waals surface area contributed by atoms with E-state index in [1.165, 1.54) is 49.0 Å². The molecule has 3 atom stereocenters. The monoisotopic (exact) mass is 421 g/mol. The van der Waals surface area contributed by atoms with Crippen LogP contribution in [0, 0.1) is 11.8 Å². The van der Waals surface area contributed by atoms with Gasteiger partial charge in [-0.2, -0.15) is 4.31 Å². The third kappa shape index (κ3) is 3.82. The van der Waals surface area contributed by atoms with Crippen LogP contribution >= 0.6 is 12.2 Å². The number of hydrogen-bond donors (Lipinski definition) is 1. The number of benzene rings is 1. The molecule has 1 heterocycles. The smallest absolute Gasteiger partial charge is 0.243 e. The summed E-state index contributed by atoms with van der Waals surface area (Å²) in [5.41, 5.74) is 0.515. The minimum Gasteiger partial charge on any atom is -0.360 e. The maximum Gasteiger partial charge on any atom is 0.243 e. The van der Waals surface area contributed by atoms with E-state index in [1.807, 2.05) is 0 Å². The zero-order valence-corrected chi connectivity index (χ0v) is 17.8. The molecule has 4 rings (SSSR count). The Labute approximate surface area is 172 Å². The molecule has 0 aromatic heterocycles. The molecule has 0 spiro atoms. The van der Waals surface area contributed by atoms with Gasteiger partial charge in [-0.25, -0.2) is 8.42 Å². The third-order valence-electron chi connectivity index (χ3n) is 6.47. The Morgan fingerprint density at radius 1 is 1.07 bits per heavy atom. The van der Waals surface area contributed by atoms with E-state index in [0.717, 1.165) is 16.9 Å². The van der Waals surface area contributed by atoms with Crippen LogP contribution in [0.1, 0.15) is 43.0 Å². The van der Waals surface area contributed by atoms with Gasteiger partial charge in [-0.1, -0.05) is 18.6 Å². The second-order valence-electron chi connectivity index (χ2n) is 8.20. The van der Waals surface area contributed by atoms with E-state index in [-0.39, 0.29) is 10.7 Å². The van der Waals surface area contributed by atoms with Crippen molar-refractivity contribution in [2.75, 3.05) is 26.2 Å². The second-order valence-corrected chi connectivity index (χ2v) is 10.5. The number of sulfonamides is 1. The van der Waals surface area contributed by atoms with Crippen LogP contribution in [-0.4, -0.2) is 60.7 Å². The lowest BCUT2D eigenvalue weighted by Crippen LogP contribution is -2.54. The Morgan fingerprint density at radius 2 is 1.75 bits per heavy atom. The van der Waals surface area contributed by atoms with Crippen molar-refractivity contribution < 1.29 is 13.2 Å². The molecule has 0 unspecified atom stereocenters. The number of thiocarbonyl (C=S) groups is 1. The summed E-state index contributed by atoms with van der Waals surface area (Å²) in [6.07, 6.45) is 5.21. The van der Waals surface area contributed by atoms with Crippen molar-refractivity contribution >= 4 is 33.1 Å². The van der Waals surface area contributed by atoms with Crippen LogP contribution in [0.25, 0.3) is 0 Å². The van der Waals surface area contributed by atoms with E-state index in [9.17, 15) is 13.2 Å². The van der Waals surface area contributed by atoms with Crippen molar-refractivity contribution in [3.63, 3.8) is 0 Å². The van der Waals surface area contributed by atoms with Gasteiger partial charge in [0.15, 0.2) is 10.9 Å². The molecule has 0 radical (unpaired) electrons. The van der Waals surface area contributed by atoms with Gasteiger partial charge in [-0.3, -0.25) is 4.79 Å². The lowest BCUT2D eigenvalue weighted by Gasteiger charge is -2.37. The van der Waals surface area contributed by atoms with E-state index in [0.29, 0.717) is 37.8 Å². The fourth-order valence-corrected chi connectivity index (χ4v) is 6.57. The summed E-state index contributed by atoms with van der Waals surface area (Å²) in [4.78, 5) is 13.7. The zero-order valence-electron chi connectivity index (χ0n) is 16.1. The molecule has 0 amide bonds. The standard InChI is InChI=1S/C20H27N3O3S2/c1-14(24)16-4-6-18(7-5-16)28(25,26)23-10-8-22(9-11-23)20(27)21-19-13-15-2-3-17(19)12-15/h4-7,15,17,19H,2-3,8-13H2,1H3,(H,21,27)/t15-,17-,19+/m0/s1. The summed E-state index contributed by atoms with van der Waals surface area (Å²) >= 11 is 5.61. The van der Waals surface area contributed by atoms with Crippen LogP contribution in [0.3, 0.4) is 0 Å². The third-order valence-corrected chi connectivity index (χ3v) is 8.76. The first kappa shape index (κ1) is 19.8. The number of Topliss-reactive ketones (excluding diaryl/α,β-unsaturated/α-hetero) is 1. The number of rotatable bonds is 4. The van der Waals surface area contributed by atoms with Crippen LogP contribution in [-0.2, 0) is 10.0 Å². The number of fused-ring (bicyclic) bond motifs is 2. The minimum absolute atomic E-state index is 0.0749. The maximum atomic E-state index is 12.9. The first-order valence-electron chi connectivity index (χ1n) is 10.0. The zero-order chi connectivity index (χ0) is 19.9. The molecular weight excluding hydrogens is 394 g/mol. The van der Waals surface area contributed by atoms with Gasteiger partial charge in [0.25, 0.3) is 0 Å². The Bertz CT molecular complexity index is 861. The van der Waals surface area contributed by atoms with Crippen LogP contribution < -0.4 is 5.32 Å². The summed E-state index contributed by atoms with van der Waals surface area (Å²) in [5.74, 6) is 1.54. The Hall–Kier alpha value is -1.51. The highest BCUT2D eigenvalue weighted by Gasteiger charge is 2.40. The van der Waals surface area contributed by atoms with E-state index in [1.54, 1.807) is 12.1 Å². The van der Waals surface area contributed by atoms with Gasteiger partial charge < -0.3 is 10.2 Å². The van der Waals surface area contributed by atoms with Crippen molar-refractivity contribution in [1.82, 2.24) is 14.5 Å². The fourth-order valence-electron chi connectivity index (χ4n) is 4.81. The number of hydrogen-bond acceptors (Lipinski definition) is 4. The van der Waals surface area contributed by atoms with Crippen molar-refractivity contribution in [3.8, 4) is 0 Å². The summed E-state index contributed by atoms with van der Waals surface area (Å²) in [6.45, 7) is 3.48. The number of piperazine rings is 1. The first-order chi connectivity index (χ1) is 13.3. The first-order valence-corrected chi connectivity index (χ1v) is 11.9. The van der Waals surface area contributed by atoms with Crippen molar-refractivity contribution in [2.24, 2.45) is 11.8 Å². The molecule has 1 aromatic rings. The molecule has 152 valence electrons. The van der Waals surface area contributed by atoms with Crippen LogP contribution in [0.15, 0.2) is 29.2 Å². The number of nitrogens with zero attached hydrogens (tertiary/aromatic N) is 2. The predicted octanol–water partition coefficient (Wildman–Crippen LogP) is 2.26. The van der Waals surface area contributed by atoms with Gasteiger partial charge in [0, 0.05) is 37.8 Å². The quantitative estimate of drug-likeness (QED) is 0.594. The second kappa shape index (κ2) is 7.72. The molecule has 1 N–H and O–H groups in total. The summed E-state index contributed by atoms with van der Waals surface area (Å²) in [7, 11) is -3.55. The van der Waals surface area contributed by atoms with Gasteiger partial charge >= 0.3 is 0 Å². The molecule has 1 aliphatic heterocycles. The molecule has 3 aliphatic rings. The fraction of sp³-hybridized carbons (Fsp3) is 0.600. The van der Waals surface area contributed by atoms with E-state index in [4.69, 9.17) is 12.2 Å². The lowest BCUT2D eigenvalue weighted by molar-refractivity contribution is 0.101. The number of nitrogens with one attached hydrogen (secondary N) is 1. The topological polar surface area (TPSA) is 69.7 Å². The summed E-state index contributed by atoms with van der Waals surface area (Å²) in [6, 6.07) is 6.66. The van der Waals surface area contributed by atoms with E-state index < -0.39 is 10.0 Å². The Morgan fingerprint density at radius 3 is 2.29 bits per heavy atom. The molecule has 1 saturated heterocycles. The molecule has 3 fully saturated rings. The number of carbonyl (C=O) groups excluding carboxylic acids is 1. The molecule has 6 nitrogen and oxygen atoms in total. The Kier molecular flexibility index (Phi) is 5.46. The highest BCUT2D eigenvalue weighted by molar-refractivity contribution is 7.89. The minimum atomic E-state index is -3.55. The van der Waals surface area contributed by atoms with Gasteiger partial charge in [0.2, 0.25) is 10.0 Å². The maximum absolute atomic E-state index is 12.9. The number of carbonyl (C=O) groups is 1. The van der Waals surface area contributed by atoms with Gasteiger partial charge in [0.1, 0.15) is 0 Å². The van der Waals surface area contributed by atoms with Gasteiger partial charge in [0.05, 0.1) is 4.90 Å². The van der Waals surface area contributed by atoms with Crippen LogP contribution in [0.4, 0.5) is 0 Å². The van der Waals surface area contributed by atoms with E-state index in [2.05, 4.69) is 10.2 Å². The van der Waals surface area contributed by atoms with Crippen molar-refractivity contribution in [2.45, 2.75) is 43.5 Å². The van der Waals surface area contributed by atoms with Crippen molar-refractivity contribution in [1.29, 1.82) is 0 Å². The average Bonchev–Trinajstić information content (AvgIpc) is 3.31. The van der Waals surface area contributed by atoms with Crippen LogP contribution in [0.5, 0.6) is 0 Å². The molecule has 8 heteroatoms. The molecule has 2 bridgehead atoms. The summed E-state index contributed by atoms with van der Waals surface area (Å²) < 4.78 is 27.3. The molecule has 2 aliphatic carbocycles. The molecule has 2 saturated carbocycles. The predicted molar refractivity (Wildman–Crippen MR) is 112 cm³/mol. The normalized spacial score (nSPS) is 27.8. The van der Waals surface area contributed by atoms with Crippen molar-refractivity contribution in [3.05, 3.63) is 29.8 Å². The Balaban J connectivity index is 1.34.